The number of aliphatic hydroxyl groups is 1. The second-order valence-corrected chi connectivity index (χ2v) is 11.3. The van der Waals surface area contributed by atoms with Gasteiger partial charge in [0.25, 0.3) is 11.0 Å². The molecule has 35 heavy (non-hydrogen) atoms. The average Bonchev–Trinajstić information content (AvgIpc) is 2.73. The molecule has 7 nitrogen and oxygen atoms in total. The molecule has 0 saturated carbocycles. The number of carbonyl (C=O) groups is 2. The molecule has 0 aromatic heterocycles. The van der Waals surface area contributed by atoms with Crippen molar-refractivity contribution in [2.24, 2.45) is 0 Å². The molecule has 1 unspecified atom stereocenters. The fraction of sp³-hybridized carbons (Fsp3) is 0.481. The van der Waals surface area contributed by atoms with Crippen LogP contribution in [0.2, 0.25) is 0 Å². The molecular weight excluding hydrogens is 467 g/mol. The van der Waals surface area contributed by atoms with Crippen LogP contribution in [0, 0.1) is 41.5 Å². The highest BCUT2D eigenvalue weighted by atomic mass is 31.2. The molecule has 1 N–H and O–H groups in total. The van der Waals surface area contributed by atoms with Crippen molar-refractivity contribution in [1.29, 1.82) is 0 Å². The molecule has 0 radical (unpaired) electrons. The van der Waals surface area contributed by atoms with Crippen LogP contribution in [-0.2, 0) is 18.6 Å². The summed E-state index contributed by atoms with van der Waals surface area (Å²) in [7, 11) is -4.48. The molecular formula is C27H37O7P. The minimum atomic E-state index is -4.48. The second-order valence-electron chi connectivity index (χ2n) is 9.08. The van der Waals surface area contributed by atoms with E-state index in [1.54, 1.807) is 34.6 Å². The third kappa shape index (κ3) is 7.42. The first-order chi connectivity index (χ1) is 16.4. The zero-order valence-corrected chi connectivity index (χ0v) is 22.7. The minimum Gasteiger partial charge on any atom is -0.391 e. The highest BCUT2D eigenvalue weighted by molar-refractivity contribution is 7.91. The van der Waals surface area contributed by atoms with E-state index in [1.165, 1.54) is 0 Å². The summed E-state index contributed by atoms with van der Waals surface area (Å²) in [5, 5.41) is 9.20. The van der Waals surface area contributed by atoms with Crippen LogP contribution in [0.1, 0.15) is 61.0 Å². The van der Waals surface area contributed by atoms with Crippen molar-refractivity contribution in [2.45, 2.75) is 54.6 Å². The van der Waals surface area contributed by atoms with Gasteiger partial charge in [0, 0.05) is 11.1 Å². The first-order valence-corrected chi connectivity index (χ1v) is 13.3. The fourth-order valence-electron chi connectivity index (χ4n) is 4.24. The molecule has 2 aromatic rings. The number of ether oxygens (including phenoxy) is 2. The van der Waals surface area contributed by atoms with E-state index >= 15 is 0 Å². The standard InChI is InChI=1S/C27H37O7P/c1-17-12-19(3)24(20(4)13-17)26(29)35(31,34-11-10-32-8-9-33-16-23(7)28)27(30)25-21(5)14-18(2)15-22(25)6/h12-15,23,28H,8-11,16H2,1-7H3. The molecule has 0 bridgehead atoms. The van der Waals surface area contributed by atoms with Gasteiger partial charge < -0.3 is 19.1 Å². The van der Waals surface area contributed by atoms with Crippen LogP contribution in [0.25, 0.3) is 0 Å². The lowest BCUT2D eigenvalue weighted by Gasteiger charge is -2.21. The lowest BCUT2D eigenvalue weighted by molar-refractivity contribution is 0.00466. The molecule has 0 saturated heterocycles. The lowest BCUT2D eigenvalue weighted by Crippen LogP contribution is -2.19. The Morgan fingerprint density at radius 3 is 1.51 bits per heavy atom. The predicted octanol–water partition coefficient (Wildman–Crippen LogP) is 5.23. The molecule has 0 fully saturated rings. The van der Waals surface area contributed by atoms with Gasteiger partial charge in [0.1, 0.15) is 0 Å². The van der Waals surface area contributed by atoms with Crippen LogP contribution < -0.4 is 0 Å². The normalized spacial score (nSPS) is 12.6. The van der Waals surface area contributed by atoms with Crippen LogP contribution >= 0.6 is 7.37 Å². The Hall–Kier alpha value is -2.15. The van der Waals surface area contributed by atoms with E-state index < -0.39 is 24.5 Å². The average molecular weight is 505 g/mol. The second kappa shape index (κ2) is 12.7. The van der Waals surface area contributed by atoms with Gasteiger partial charge in [0.2, 0.25) is 0 Å². The molecule has 0 aliphatic heterocycles. The first-order valence-electron chi connectivity index (χ1n) is 11.7. The van der Waals surface area contributed by atoms with Gasteiger partial charge in [0.05, 0.1) is 39.1 Å². The van der Waals surface area contributed by atoms with E-state index in [4.69, 9.17) is 14.0 Å². The molecule has 0 aliphatic rings. The number of hydrogen-bond acceptors (Lipinski definition) is 7. The number of carbonyl (C=O) groups excluding carboxylic acids is 2. The van der Waals surface area contributed by atoms with Crippen LogP contribution in [0.4, 0.5) is 0 Å². The van der Waals surface area contributed by atoms with Gasteiger partial charge in [-0.25, -0.2) is 0 Å². The van der Waals surface area contributed by atoms with E-state index in [0.717, 1.165) is 11.1 Å². The summed E-state index contributed by atoms with van der Waals surface area (Å²) in [6.07, 6.45) is -0.566. The SMILES string of the molecule is Cc1cc(C)c(C(=O)P(=O)(OCCOCCOCC(C)O)C(=O)c2c(C)cc(C)cc2C)c(C)c1. The zero-order chi connectivity index (χ0) is 26.3. The highest BCUT2D eigenvalue weighted by Crippen LogP contribution is 2.54. The number of hydrogen-bond donors (Lipinski definition) is 1. The summed E-state index contributed by atoms with van der Waals surface area (Å²) in [6.45, 7) is 13.0. The van der Waals surface area contributed by atoms with E-state index in [1.807, 2.05) is 38.1 Å². The third-order valence-electron chi connectivity index (χ3n) is 5.55. The molecule has 1 atom stereocenters. The monoisotopic (exact) mass is 504 g/mol. The summed E-state index contributed by atoms with van der Waals surface area (Å²) < 4.78 is 30.5. The summed E-state index contributed by atoms with van der Waals surface area (Å²) in [5.74, 6) is 0. The van der Waals surface area contributed by atoms with Gasteiger partial charge in [-0.2, -0.15) is 0 Å². The van der Waals surface area contributed by atoms with Crippen molar-refractivity contribution in [3.05, 3.63) is 68.8 Å². The van der Waals surface area contributed by atoms with Crippen LogP contribution in [0.15, 0.2) is 24.3 Å². The maximum absolute atomic E-state index is 14.2. The number of aryl methyl sites for hydroxylation is 6. The molecule has 0 heterocycles. The maximum Gasteiger partial charge on any atom is 0.340 e. The Morgan fingerprint density at radius 1 is 0.743 bits per heavy atom. The summed E-state index contributed by atoms with van der Waals surface area (Å²) in [4.78, 5) is 27.4. The van der Waals surface area contributed by atoms with Crippen molar-refractivity contribution < 1.29 is 33.3 Å². The molecule has 0 aliphatic carbocycles. The Morgan fingerprint density at radius 2 is 1.11 bits per heavy atom. The van der Waals surface area contributed by atoms with Gasteiger partial charge in [0.15, 0.2) is 0 Å². The number of aliphatic hydroxyl groups excluding tert-OH is 1. The molecule has 8 heteroatoms. The van der Waals surface area contributed by atoms with Crippen LogP contribution in [0.5, 0.6) is 0 Å². The number of rotatable bonds is 13. The van der Waals surface area contributed by atoms with Crippen molar-refractivity contribution in [3.63, 3.8) is 0 Å². The van der Waals surface area contributed by atoms with Crippen LogP contribution in [0.3, 0.4) is 0 Å². The lowest BCUT2D eigenvalue weighted by atomic mass is 10.0. The smallest absolute Gasteiger partial charge is 0.340 e. The molecule has 2 aromatic carbocycles. The van der Waals surface area contributed by atoms with Crippen molar-refractivity contribution in [3.8, 4) is 0 Å². The Kier molecular flexibility index (Phi) is 10.6. The van der Waals surface area contributed by atoms with Gasteiger partial charge >= 0.3 is 7.37 Å². The highest BCUT2D eigenvalue weighted by Gasteiger charge is 2.44. The van der Waals surface area contributed by atoms with Gasteiger partial charge in [-0.3, -0.25) is 14.2 Å². The number of benzene rings is 2. The zero-order valence-electron chi connectivity index (χ0n) is 21.8. The quantitative estimate of drug-likeness (QED) is 0.295. The Balaban J connectivity index is 2.32. The summed E-state index contributed by atoms with van der Waals surface area (Å²) >= 11 is 0. The summed E-state index contributed by atoms with van der Waals surface area (Å²) in [5.41, 5.74) is 3.44. The Labute approximate surface area is 208 Å². The van der Waals surface area contributed by atoms with Gasteiger partial charge in [-0.15, -0.1) is 0 Å². The molecule has 0 spiro atoms. The van der Waals surface area contributed by atoms with Crippen molar-refractivity contribution in [1.82, 2.24) is 0 Å². The van der Waals surface area contributed by atoms with Gasteiger partial charge in [-0.1, -0.05) is 35.4 Å². The molecule has 2 rings (SSSR count). The Bertz CT molecular complexity index is 1000. The fourth-order valence-corrected chi connectivity index (χ4v) is 6.28. The maximum atomic E-state index is 14.2. The largest absolute Gasteiger partial charge is 0.391 e. The first kappa shape index (κ1) is 29.1. The van der Waals surface area contributed by atoms with E-state index in [9.17, 15) is 19.3 Å². The summed E-state index contributed by atoms with van der Waals surface area (Å²) in [6, 6.07) is 7.31. The van der Waals surface area contributed by atoms with Crippen molar-refractivity contribution in [2.75, 3.05) is 33.0 Å². The van der Waals surface area contributed by atoms with Crippen molar-refractivity contribution >= 4 is 18.4 Å². The predicted molar refractivity (Wildman–Crippen MR) is 137 cm³/mol. The van der Waals surface area contributed by atoms with Gasteiger partial charge in [-0.05, 0) is 70.7 Å². The van der Waals surface area contributed by atoms with Crippen LogP contribution in [-0.4, -0.2) is 55.3 Å². The topological polar surface area (TPSA) is 99.1 Å². The third-order valence-corrected chi connectivity index (χ3v) is 7.61. The van der Waals surface area contributed by atoms with E-state index in [2.05, 4.69) is 0 Å². The van der Waals surface area contributed by atoms with E-state index in [0.29, 0.717) is 22.3 Å². The minimum absolute atomic E-state index is 0.0281. The molecule has 192 valence electrons. The molecule has 0 amide bonds. The van der Waals surface area contributed by atoms with E-state index in [-0.39, 0.29) is 44.2 Å².